The minimum Gasteiger partial charge on any atom is -0.456 e. The molecule has 2 heterocycles. The smallest absolute Gasteiger partial charge is 0.227 e. The Morgan fingerprint density at radius 3 is 2.11 bits per heavy atom. The highest BCUT2D eigenvalue weighted by Crippen LogP contribution is 2.33. The number of para-hydroxylation sites is 1. The Morgan fingerprint density at radius 2 is 1.23 bits per heavy atom. The van der Waals surface area contributed by atoms with Gasteiger partial charge in [0.05, 0.1) is 0 Å². The van der Waals surface area contributed by atoms with Gasteiger partial charge in [-0.25, -0.2) is 4.98 Å². The Morgan fingerprint density at radius 1 is 0.486 bits per heavy atom. The van der Waals surface area contributed by atoms with Crippen molar-refractivity contribution in [2.75, 3.05) is 5.32 Å². The molecule has 0 bridgehead atoms. The quantitative estimate of drug-likeness (QED) is 0.290. The molecule has 7 aromatic rings. The molecular formula is C31H20N2O2. The number of furan rings is 1. The molecule has 0 aliphatic rings. The van der Waals surface area contributed by atoms with Gasteiger partial charge < -0.3 is 14.2 Å². The molecule has 2 aromatic heterocycles. The molecule has 0 saturated heterocycles. The number of hydrogen-bond donors (Lipinski definition) is 1. The van der Waals surface area contributed by atoms with Gasteiger partial charge in [0.2, 0.25) is 5.89 Å². The van der Waals surface area contributed by atoms with E-state index in [1.807, 2.05) is 66.7 Å². The molecule has 0 unspecified atom stereocenters. The number of anilines is 2. The van der Waals surface area contributed by atoms with Gasteiger partial charge in [-0.2, -0.15) is 0 Å². The molecule has 0 atom stereocenters. The fraction of sp³-hybridized carbons (Fsp3) is 0. The number of aromatic nitrogens is 1. The van der Waals surface area contributed by atoms with Crippen LogP contribution in [-0.4, -0.2) is 4.98 Å². The lowest BCUT2D eigenvalue weighted by molar-refractivity contribution is 0.620. The van der Waals surface area contributed by atoms with Gasteiger partial charge in [0.25, 0.3) is 0 Å². The molecule has 0 saturated carbocycles. The zero-order chi connectivity index (χ0) is 23.2. The van der Waals surface area contributed by atoms with E-state index < -0.39 is 0 Å². The van der Waals surface area contributed by atoms with Gasteiger partial charge in [-0.15, -0.1) is 0 Å². The molecule has 1 N–H and O–H groups in total. The number of benzene rings is 5. The maximum Gasteiger partial charge on any atom is 0.227 e. The van der Waals surface area contributed by atoms with E-state index in [0.29, 0.717) is 5.89 Å². The van der Waals surface area contributed by atoms with Gasteiger partial charge in [0.15, 0.2) is 5.58 Å². The highest BCUT2D eigenvalue weighted by atomic mass is 16.3. The van der Waals surface area contributed by atoms with Crippen LogP contribution in [0.15, 0.2) is 124 Å². The van der Waals surface area contributed by atoms with Crippen LogP contribution in [0.3, 0.4) is 0 Å². The first-order valence-corrected chi connectivity index (χ1v) is 11.5. The van der Waals surface area contributed by atoms with Crippen LogP contribution in [0, 0.1) is 0 Å². The Bertz CT molecular complexity index is 1810. The second-order valence-corrected chi connectivity index (χ2v) is 8.58. The van der Waals surface area contributed by atoms with E-state index in [4.69, 9.17) is 8.83 Å². The molecule has 0 spiro atoms. The molecule has 4 nitrogen and oxygen atoms in total. The molecule has 0 fully saturated rings. The predicted molar refractivity (Wildman–Crippen MR) is 142 cm³/mol. The molecule has 0 aliphatic carbocycles. The van der Waals surface area contributed by atoms with E-state index in [9.17, 15) is 0 Å². The number of fused-ring (bicyclic) bond motifs is 4. The van der Waals surface area contributed by atoms with Crippen molar-refractivity contribution in [3.63, 3.8) is 0 Å². The van der Waals surface area contributed by atoms with Crippen LogP contribution < -0.4 is 5.32 Å². The van der Waals surface area contributed by atoms with Crippen molar-refractivity contribution in [1.82, 2.24) is 4.98 Å². The molecule has 0 radical (unpaired) electrons. The van der Waals surface area contributed by atoms with Crippen LogP contribution in [0.4, 0.5) is 11.4 Å². The molecule has 166 valence electrons. The summed E-state index contributed by atoms with van der Waals surface area (Å²) in [7, 11) is 0. The third-order valence-electron chi connectivity index (χ3n) is 6.29. The summed E-state index contributed by atoms with van der Waals surface area (Å²) in [4.78, 5) is 4.61. The zero-order valence-electron chi connectivity index (χ0n) is 18.7. The maximum atomic E-state index is 6.06. The minimum absolute atomic E-state index is 0.628. The van der Waals surface area contributed by atoms with Crippen molar-refractivity contribution in [3.8, 4) is 22.6 Å². The number of nitrogens with one attached hydrogen (secondary N) is 1. The first kappa shape index (κ1) is 19.6. The van der Waals surface area contributed by atoms with Gasteiger partial charge in [-0.3, -0.25) is 0 Å². The van der Waals surface area contributed by atoms with Crippen molar-refractivity contribution < 1.29 is 8.83 Å². The largest absolute Gasteiger partial charge is 0.456 e. The van der Waals surface area contributed by atoms with Crippen molar-refractivity contribution in [2.45, 2.75) is 0 Å². The van der Waals surface area contributed by atoms with E-state index >= 15 is 0 Å². The molecule has 5 aromatic carbocycles. The van der Waals surface area contributed by atoms with Gasteiger partial charge in [0, 0.05) is 33.8 Å². The summed E-state index contributed by atoms with van der Waals surface area (Å²) in [5.41, 5.74) is 8.59. The van der Waals surface area contributed by atoms with Crippen molar-refractivity contribution >= 4 is 44.4 Å². The zero-order valence-corrected chi connectivity index (χ0v) is 18.7. The lowest BCUT2D eigenvalue weighted by Crippen LogP contribution is -1.90. The Hall–Kier alpha value is -4.83. The fourth-order valence-electron chi connectivity index (χ4n) is 4.52. The van der Waals surface area contributed by atoms with Crippen LogP contribution >= 0.6 is 0 Å². The Kier molecular flexibility index (Phi) is 4.42. The van der Waals surface area contributed by atoms with Crippen LogP contribution in [0.1, 0.15) is 0 Å². The normalized spacial score (nSPS) is 11.4. The van der Waals surface area contributed by atoms with E-state index in [-0.39, 0.29) is 0 Å². The molecular weight excluding hydrogens is 432 g/mol. The average molecular weight is 453 g/mol. The summed E-state index contributed by atoms with van der Waals surface area (Å²) in [6.07, 6.45) is 0. The van der Waals surface area contributed by atoms with Crippen molar-refractivity contribution in [1.29, 1.82) is 0 Å². The van der Waals surface area contributed by atoms with Gasteiger partial charge in [-0.1, -0.05) is 54.6 Å². The topological polar surface area (TPSA) is 51.2 Å². The van der Waals surface area contributed by atoms with E-state index in [0.717, 1.165) is 61.1 Å². The lowest BCUT2D eigenvalue weighted by Gasteiger charge is -2.08. The predicted octanol–water partition coefficient (Wildman–Crippen LogP) is 8.80. The fourth-order valence-corrected chi connectivity index (χ4v) is 4.52. The number of rotatable bonds is 4. The number of oxazole rings is 1. The molecule has 4 heteroatoms. The molecule has 7 rings (SSSR count). The SMILES string of the molecule is c1ccc(-c2nc3ccc(Nc4ccc(-c5ccc6c(c5)oc5ccccc56)cc4)cc3o2)cc1. The van der Waals surface area contributed by atoms with Crippen molar-refractivity contribution in [2.24, 2.45) is 0 Å². The monoisotopic (exact) mass is 452 g/mol. The lowest BCUT2D eigenvalue weighted by atomic mass is 10.0. The average Bonchev–Trinajstić information content (AvgIpc) is 3.50. The van der Waals surface area contributed by atoms with E-state index in [2.05, 4.69) is 58.8 Å². The van der Waals surface area contributed by atoms with Gasteiger partial charge in [-0.05, 0) is 65.7 Å². The highest BCUT2D eigenvalue weighted by Gasteiger charge is 2.10. The van der Waals surface area contributed by atoms with Crippen LogP contribution in [0.5, 0.6) is 0 Å². The molecule has 35 heavy (non-hydrogen) atoms. The van der Waals surface area contributed by atoms with Crippen molar-refractivity contribution in [3.05, 3.63) is 115 Å². The first-order chi connectivity index (χ1) is 17.3. The number of hydrogen-bond acceptors (Lipinski definition) is 4. The first-order valence-electron chi connectivity index (χ1n) is 11.5. The van der Waals surface area contributed by atoms with Crippen LogP contribution in [-0.2, 0) is 0 Å². The van der Waals surface area contributed by atoms with Crippen LogP contribution in [0.2, 0.25) is 0 Å². The van der Waals surface area contributed by atoms with E-state index in [1.54, 1.807) is 0 Å². The standard InChI is InChI=1S/C31H20N2O2/c1-2-6-21(7-3-1)31-33-27-17-15-24(19-30(27)35-31)32-23-13-10-20(11-14-23)22-12-16-26-25-8-4-5-9-28(25)34-29(26)18-22/h1-19,32H. The summed E-state index contributed by atoms with van der Waals surface area (Å²) in [5.74, 6) is 0.628. The summed E-state index contributed by atoms with van der Waals surface area (Å²) >= 11 is 0. The Labute approximate surface area is 201 Å². The van der Waals surface area contributed by atoms with Crippen LogP contribution in [0.25, 0.3) is 55.6 Å². The van der Waals surface area contributed by atoms with E-state index in [1.165, 1.54) is 0 Å². The second kappa shape index (κ2) is 7.89. The highest BCUT2D eigenvalue weighted by molar-refractivity contribution is 6.05. The summed E-state index contributed by atoms with van der Waals surface area (Å²) in [6.45, 7) is 0. The summed E-state index contributed by atoms with van der Waals surface area (Å²) in [5, 5.41) is 5.75. The number of nitrogens with zero attached hydrogens (tertiary/aromatic N) is 1. The van der Waals surface area contributed by atoms with Gasteiger partial charge in [0.1, 0.15) is 16.7 Å². The maximum absolute atomic E-state index is 6.06. The third-order valence-corrected chi connectivity index (χ3v) is 6.29. The van der Waals surface area contributed by atoms with Gasteiger partial charge >= 0.3 is 0 Å². The summed E-state index contributed by atoms with van der Waals surface area (Å²) < 4.78 is 12.1. The second-order valence-electron chi connectivity index (χ2n) is 8.58. The molecule has 0 amide bonds. The molecule has 0 aliphatic heterocycles. The summed E-state index contributed by atoms with van der Waals surface area (Å²) in [6, 6.07) is 38.9. The third kappa shape index (κ3) is 3.52. The minimum atomic E-state index is 0.628. The Balaban J connectivity index is 1.14.